The topological polar surface area (TPSA) is 35.2 Å². The van der Waals surface area contributed by atoms with Gasteiger partial charge in [0.05, 0.1) is 0 Å². The molecule has 0 aromatic heterocycles. The second-order valence-electron chi connectivity index (χ2n) is 4.92. The zero-order valence-corrected chi connectivity index (χ0v) is 12.3. The normalized spacial score (nSPS) is 20.8. The Bertz CT molecular complexity index is 708. The van der Waals surface area contributed by atoms with Crippen molar-refractivity contribution in [3.63, 3.8) is 0 Å². The summed E-state index contributed by atoms with van der Waals surface area (Å²) in [5, 5.41) is 0. The van der Waals surface area contributed by atoms with Crippen LogP contribution in [0, 0.1) is 17.5 Å². The van der Waals surface area contributed by atoms with Crippen LogP contribution >= 0.6 is 15.9 Å². The predicted molar refractivity (Wildman–Crippen MR) is 75.4 cm³/mol. The van der Waals surface area contributed by atoms with Crippen LogP contribution in [0.1, 0.15) is 29.7 Å². The van der Waals surface area contributed by atoms with E-state index in [1.54, 1.807) is 12.1 Å². The fraction of sp³-hybridized carbons (Fsp3) is 0.200. The highest BCUT2D eigenvalue weighted by atomic mass is 79.9. The second kappa shape index (κ2) is 5.35. The van der Waals surface area contributed by atoms with Crippen molar-refractivity contribution in [3.05, 3.63) is 63.4 Å². The lowest BCUT2D eigenvalue weighted by molar-refractivity contribution is 0.156. The summed E-state index contributed by atoms with van der Waals surface area (Å²) in [7, 11) is 0. The number of rotatable bonds is 1. The molecule has 1 unspecified atom stereocenters. The highest BCUT2D eigenvalue weighted by Gasteiger charge is 2.29. The van der Waals surface area contributed by atoms with Crippen LogP contribution in [0.3, 0.4) is 0 Å². The lowest BCUT2D eigenvalue weighted by atomic mass is 9.93. The number of benzene rings is 2. The van der Waals surface area contributed by atoms with Crippen molar-refractivity contribution in [2.24, 2.45) is 5.73 Å². The molecule has 110 valence electrons. The van der Waals surface area contributed by atoms with E-state index in [4.69, 9.17) is 10.5 Å². The molecule has 0 saturated heterocycles. The molecule has 2 atom stereocenters. The van der Waals surface area contributed by atoms with Gasteiger partial charge in [0.25, 0.3) is 0 Å². The summed E-state index contributed by atoms with van der Waals surface area (Å²) in [5.74, 6) is -2.65. The summed E-state index contributed by atoms with van der Waals surface area (Å²) in [6.45, 7) is 0. The predicted octanol–water partition coefficient (Wildman–Crippen LogP) is 4.39. The molecule has 2 aromatic rings. The lowest BCUT2D eigenvalue weighted by Gasteiger charge is -2.31. The van der Waals surface area contributed by atoms with Crippen LogP contribution in [-0.4, -0.2) is 0 Å². The minimum absolute atomic E-state index is 0.0297. The first-order chi connectivity index (χ1) is 9.95. The molecule has 21 heavy (non-hydrogen) atoms. The molecule has 1 heterocycles. The first-order valence-electron chi connectivity index (χ1n) is 6.32. The first kappa shape index (κ1) is 14.4. The Morgan fingerprint density at radius 1 is 1.00 bits per heavy atom. The van der Waals surface area contributed by atoms with Crippen LogP contribution in [0.4, 0.5) is 13.2 Å². The van der Waals surface area contributed by atoms with E-state index < -0.39 is 23.6 Å². The molecule has 2 nitrogen and oxygen atoms in total. The minimum atomic E-state index is -1.22. The fourth-order valence-electron chi connectivity index (χ4n) is 2.45. The van der Waals surface area contributed by atoms with E-state index in [9.17, 15) is 13.2 Å². The van der Waals surface area contributed by atoms with Crippen molar-refractivity contribution in [1.82, 2.24) is 0 Å². The summed E-state index contributed by atoms with van der Waals surface area (Å²) in [6, 6.07) is 6.29. The van der Waals surface area contributed by atoms with Gasteiger partial charge in [-0.1, -0.05) is 15.9 Å². The van der Waals surface area contributed by atoms with Gasteiger partial charge in [-0.2, -0.15) is 0 Å². The largest absolute Gasteiger partial charge is 0.485 e. The van der Waals surface area contributed by atoms with Gasteiger partial charge in [-0.15, -0.1) is 0 Å². The maximum absolute atomic E-state index is 13.8. The molecule has 0 spiro atoms. The Kier molecular flexibility index (Phi) is 3.67. The Hall–Kier alpha value is -1.53. The third kappa shape index (κ3) is 2.65. The maximum Gasteiger partial charge on any atom is 0.161 e. The van der Waals surface area contributed by atoms with Gasteiger partial charge in [0, 0.05) is 34.1 Å². The molecule has 3 rings (SSSR count). The summed E-state index contributed by atoms with van der Waals surface area (Å²) >= 11 is 3.34. The Morgan fingerprint density at radius 3 is 2.48 bits per heavy atom. The third-order valence-corrected chi connectivity index (χ3v) is 3.99. The summed E-state index contributed by atoms with van der Waals surface area (Å²) in [5.41, 5.74) is 6.84. The fourth-order valence-corrected chi connectivity index (χ4v) is 2.83. The SMILES string of the molecule is N[C@@H]1CC(c2cc(F)c(F)cc2F)Oc2ccc(Br)cc21. The molecule has 1 aliphatic rings. The zero-order valence-electron chi connectivity index (χ0n) is 10.7. The Labute approximate surface area is 127 Å². The van der Waals surface area contributed by atoms with E-state index in [2.05, 4.69) is 15.9 Å². The number of halogens is 4. The van der Waals surface area contributed by atoms with E-state index in [-0.39, 0.29) is 18.0 Å². The van der Waals surface area contributed by atoms with E-state index in [0.29, 0.717) is 11.8 Å². The van der Waals surface area contributed by atoms with Crippen molar-refractivity contribution in [3.8, 4) is 5.75 Å². The van der Waals surface area contributed by atoms with Crippen LogP contribution in [0.25, 0.3) is 0 Å². The second-order valence-corrected chi connectivity index (χ2v) is 5.83. The molecule has 0 saturated carbocycles. The van der Waals surface area contributed by atoms with Gasteiger partial charge in [-0.05, 0) is 24.3 Å². The van der Waals surface area contributed by atoms with Crippen molar-refractivity contribution >= 4 is 15.9 Å². The average Bonchev–Trinajstić information content (AvgIpc) is 2.43. The molecular weight excluding hydrogens is 347 g/mol. The molecule has 2 N–H and O–H groups in total. The first-order valence-corrected chi connectivity index (χ1v) is 7.11. The smallest absolute Gasteiger partial charge is 0.161 e. The van der Waals surface area contributed by atoms with Crippen LogP contribution in [0.2, 0.25) is 0 Å². The van der Waals surface area contributed by atoms with Gasteiger partial charge in [0.2, 0.25) is 0 Å². The van der Waals surface area contributed by atoms with E-state index in [1.165, 1.54) is 0 Å². The number of hydrogen-bond acceptors (Lipinski definition) is 2. The summed E-state index contributed by atoms with van der Waals surface area (Å²) in [4.78, 5) is 0. The minimum Gasteiger partial charge on any atom is -0.485 e. The lowest BCUT2D eigenvalue weighted by Crippen LogP contribution is -2.25. The third-order valence-electron chi connectivity index (χ3n) is 3.50. The molecule has 0 amide bonds. The monoisotopic (exact) mass is 357 g/mol. The average molecular weight is 358 g/mol. The van der Waals surface area contributed by atoms with Gasteiger partial charge in [-0.3, -0.25) is 0 Å². The number of fused-ring (bicyclic) bond motifs is 1. The van der Waals surface area contributed by atoms with Crippen molar-refractivity contribution in [2.45, 2.75) is 18.6 Å². The number of nitrogens with two attached hydrogens (primary N) is 1. The highest BCUT2D eigenvalue weighted by molar-refractivity contribution is 9.10. The maximum atomic E-state index is 13.8. The quantitative estimate of drug-likeness (QED) is 0.768. The van der Waals surface area contributed by atoms with Gasteiger partial charge in [0.15, 0.2) is 11.6 Å². The Morgan fingerprint density at radius 2 is 1.71 bits per heavy atom. The van der Waals surface area contributed by atoms with Crippen molar-refractivity contribution in [1.29, 1.82) is 0 Å². The van der Waals surface area contributed by atoms with Crippen LogP contribution < -0.4 is 10.5 Å². The Balaban J connectivity index is 1.99. The highest BCUT2D eigenvalue weighted by Crippen LogP contribution is 2.41. The van der Waals surface area contributed by atoms with Gasteiger partial charge >= 0.3 is 0 Å². The van der Waals surface area contributed by atoms with Gasteiger partial charge < -0.3 is 10.5 Å². The van der Waals surface area contributed by atoms with Crippen LogP contribution in [0.15, 0.2) is 34.8 Å². The molecule has 0 fully saturated rings. The molecule has 0 bridgehead atoms. The number of ether oxygens (including phenoxy) is 1. The molecule has 1 aliphatic heterocycles. The molecule has 0 radical (unpaired) electrons. The molecule has 2 aromatic carbocycles. The van der Waals surface area contributed by atoms with Gasteiger partial charge in [0.1, 0.15) is 17.7 Å². The van der Waals surface area contributed by atoms with Crippen LogP contribution in [-0.2, 0) is 0 Å². The molecule has 0 aliphatic carbocycles. The molecule has 6 heteroatoms. The van der Waals surface area contributed by atoms with E-state index >= 15 is 0 Å². The molecular formula is C15H11BrF3NO. The van der Waals surface area contributed by atoms with Crippen LogP contribution in [0.5, 0.6) is 5.75 Å². The summed E-state index contributed by atoms with van der Waals surface area (Å²) in [6.07, 6.45) is -0.463. The standard InChI is InChI=1S/C15H11BrF3NO/c16-7-1-2-14-9(3-7)13(20)6-15(21-14)8-4-11(18)12(19)5-10(8)17/h1-5,13,15H,6,20H2/t13-,15?/m1/s1. The van der Waals surface area contributed by atoms with Gasteiger partial charge in [-0.25, -0.2) is 13.2 Å². The van der Waals surface area contributed by atoms with E-state index in [1.807, 2.05) is 6.07 Å². The van der Waals surface area contributed by atoms with Crippen molar-refractivity contribution in [2.75, 3.05) is 0 Å². The number of hydrogen-bond donors (Lipinski definition) is 1. The summed E-state index contributed by atoms with van der Waals surface area (Å²) < 4.78 is 46.7. The van der Waals surface area contributed by atoms with E-state index in [0.717, 1.165) is 16.1 Å². The van der Waals surface area contributed by atoms with Crippen molar-refractivity contribution < 1.29 is 17.9 Å². The zero-order chi connectivity index (χ0) is 15.1.